The number of carbonyl (C=O) groups is 1. The number of hydrogen-bond acceptors (Lipinski definition) is 4. The standard InChI is InChI=1S/C12H9FNO.C5H8O2.Pt/c13-11-4-2-1-3-10(11)12-7-9(8-15)5-6-14-12;1-4(6)3-5(2)7;/h1-2,4-7,15H,8H2;3,6H,1-2H3;/q-1;;/b;4-3-;. The fourth-order valence-corrected chi connectivity index (χ4v) is 1.62. The minimum absolute atomic E-state index is 0. The molecule has 0 atom stereocenters. The van der Waals surface area contributed by atoms with E-state index in [4.69, 9.17) is 10.2 Å². The van der Waals surface area contributed by atoms with Gasteiger partial charge >= 0.3 is 0 Å². The van der Waals surface area contributed by atoms with Crippen molar-refractivity contribution in [3.05, 3.63) is 65.8 Å². The van der Waals surface area contributed by atoms with Crippen LogP contribution in [0.15, 0.2) is 48.4 Å². The summed E-state index contributed by atoms with van der Waals surface area (Å²) in [5, 5.41) is 17.3. The molecule has 0 saturated heterocycles. The molecule has 0 unspecified atom stereocenters. The Morgan fingerprint density at radius 3 is 2.57 bits per heavy atom. The third kappa shape index (κ3) is 7.82. The number of aliphatic hydroxyl groups excluding tert-OH is 2. The zero-order valence-corrected chi connectivity index (χ0v) is 15.0. The summed E-state index contributed by atoms with van der Waals surface area (Å²) in [4.78, 5) is 14.1. The molecule has 1 aromatic heterocycles. The molecular weight excluding hydrogens is 480 g/mol. The van der Waals surface area contributed by atoms with Gasteiger partial charge in [0.25, 0.3) is 0 Å². The van der Waals surface area contributed by atoms with E-state index in [-0.39, 0.29) is 45.0 Å². The Hall–Kier alpha value is -1.84. The van der Waals surface area contributed by atoms with E-state index in [0.29, 0.717) is 16.8 Å². The number of aliphatic hydroxyl groups is 2. The zero-order valence-electron chi connectivity index (χ0n) is 12.7. The summed E-state index contributed by atoms with van der Waals surface area (Å²) in [5.41, 5.74) is 1.52. The summed E-state index contributed by atoms with van der Waals surface area (Å²) < 4.78 is 13.4. The SMILES string of the molecule is CC(=O)/C=C(/C)O.OCc1ccnc(-c2[c-]cccc2F)c1.[Pt]. The summed E-state index contributed by atoms with van der Waals surface area (Å²) in [6.07, 6.45) is 2.71. The van der Waals surface area contributed by atoms with Crippen LogP contribution in [0.2, 0.25) is 0 Å². The molecule has 0 amide bonds. The smallest absolute Gasteiger partial charge is 0.155 e. The van der Waals surface area contributed by atoms with Gasteiger partial charge in [-0.25, -0.2) is 0 Å². The van der Waals surface area contributed by atoms with Crippen LogP contribution in [-0.4, -0.2) is 21.0 Å². The second-order valence-corrected chi connectivity index (χ2v) is 4.50. The maximum Gasteiger partial charge on any atom is 0.155 e. The van der Waals surface area contributed by atoms with Gasteiger partial charge in [0.2, 0.25) is 0 Å². The molecule has 0 aliphatic heterocycles. The third-order valence-electron chi connectivity index (χ3n) is 2.48. The van der Waals surface area contributed by atoms with Crippen LogP contribution in [-0.2, 0) is 32.5 Å². The number of carbonyl (C=O) groups excluding carboxylic acids is 1. The van der Waals surface area contributed by atoms with Crippen LogP contribution in [0.1, 0.15) is 19.4 Å². The van der Waals surface area contributed by atoms with Gasteiger partial charge in [-0.1, -0.05) is 11.6 Å². The van der Waals surface area contributed by atoms with Crippen molar-refractivity contribution in [3.8, 4) is 11.3 Å². The van der Waals surface area contributed by atoms with E-state index in [9.17, 15) is 9.18 Å². The molecule has 0 radical (unpaired) electrons. The minimum atomic E-state index is -0.361. The summed E-state index contributed by atoms with van der Waals surface area (Å²) in [6, 6.07) is 10.7. The average Bonchev–Trinajstić information content (AvgIpc) is 2.47. The predicted molar refractivity (Wildman–Crippen MR) is 81.5 cm³/mol. The summed E-state index contributed by atoms with van der Waals surface area (Å²) >= 11 is 0. The number of ketones is 1. The Labute approximate surface area is 149 Å². The van der Waals surface area contributed by atoms with Crippen LogP contribution in [0.5, 0.6) is 0 Å². The van der Waals surface area contributed by atoms with E-state index in [1.807, 2.05) is 0 Å². The first-order chi connectivity index (χ1) is 10.4. The van der Waals surface area contributed by atoms with Gasteiger partial charge in [-0.15, -0.1) is 24.3 Å². The summed E-state index contributed by atoms with van der Waals surface area (Å²) in [7, 11) is 0. The van der Waals surface area contributed by atoms with E-state index >= 15 is 0 Å². The molecule has 2 aromatic rings. The molecule has 0 aliphatic carbocycles. The van der Waals surface area contributed by atoms with Crippen LogP contribution in [0.25, 0.3) is 11.3 Å². The van der Waals surface area contributed by atoms with Crippen molar-refractivity contribution in [2.45, 2.75) is 20.5 Å². The number of aromatic nitrogens is 1. The topological polar surface area (TPSA) is 70.4 Å². The molecule has 1 aromatic carbocycles. The molecule has 0 spiro atoms. The van der Waals surface area contributed by atoms with Gasteiger partial charge in [0.05, 0.1) is 12.4 Å². The molecule has 0 bridgehead atoms. The van der Waals surface area contributed by atoms with Gasteiger partial charge < -0.3 is 15.2 Å². The fourth-order valence-electron chi connectivity index (χ4n) is 1.62. The van der Waals surface area contributed by atoms with Crippen LogP contribution < -0.4 is 0 Å². The Bertz CT molecular complexity index is 670. The number of pyridine rings is 1. The Balaban J connectivity index is 0.000000522. The number of nitrogens with zero attached hydrogens (tertiary/aromatic N) is 1. The number of benzene rings is 1. The van der Waals surface area contributed by atoms with Gasteiger partial charge in [0.1, 0.15) is 0 Å². The van der Waals surface area contributed by atoms with Gasteiger partial charge in [0, 0.05) is 39.2 Å². The number of halogens is 1. The molecule has 4 nitrogen and oxygen atoms in total. The van der Waals surface area contributed by atoms with Crippen molar-refractivity contribution in [2.24, 2.45) is 0 Å². The molecule has 0 fully saturated rings. The molecule has 1 heterocycles. The van der Waals surface area contributed by atoms with E-state index in [2.05, 4.69) is 11.1 Å². The minimum Gasteiger partial charge on any atom is -0.512 e. The largest absolute Gasteiger partial charge is 0.512 e. The third-order valence-corrected chi connectivity index (χ3v) is 2.48. The zero-order chi connectivity index (χ0) is 16.5. The second-order valence-electron chi connectivity index (χ2n) is 4.50. The maximum absolute atomic E-state index is 13.4. The van der Waals surface area contributed by atoms with E-state index < -0.39 is 0 Å². The predicted octanol–water partition coefficient (Wildman–Crippen LogP) is 3.21. The van der Waals surface area contributed by atoms with Crippen LogP contribution in [0.3, 0.4) is 0 Å². The first-order valence-corrected chi connectivity index (χ1v) is 6.54. The number of rotatable bonds is 3. The first-order valence-electron chi connectivity index (χ1n) is 6.54. The number of allylic oxidation sites excluding steroid dienone is 2. The number of hydrogen-bond donors (Lipinski definition) is 2. The molecule has 2 N–H and O–H groups in total. The molecule has 6 heteroatoms. The average molecular weight is 497 g/mol. The van der Waals surface area contributed by atoms with Crippen LogP contribution in [0.4, 0.5) is 4.39 Å². The summed E-state index contributed by atoms with van der Waals surface area (Å²) in [5.74, 6) is -0.424. The molecule has 0 saturated carbocycles. The summed E-state index contributed by atoms with van der Waals surface area (Å²) in [6.45, 7) is 2.77. The van der Waals surface area contributed by atoms with Gasteiger partial charge in [-0.3, -0.25) is 9.18 Å². The van der Waals surface area contributed by atoms with Crippen molar-refractivity contribution in [1.82, 2.24) is 4.98 Å². The van der Waals surface area contributed by atoms with Gasteiger partial charge in [-0.05, 0) is 31.2 Å². The van der Waals surface area contributed by atoms with Crippen molar-refractivity contribution in [3.63, 3.8) is 0 Å². The Morgan fingerprint density at radius 1 is 1.39 bits per heavy atom. The molecular formula is C17H17FNO3Pt-. The van der Waals surface area contributed by atoms with Crippen molar-refractivity contribution < 1.29 is 40.5 Å². The molecule has 23 heavy (non-hydrogen) atoms. The van der Waals surface area contributed by atoms with E-state index in [1.54, 1.807) is 30.5 Å². The maximum atomic E-state index is 13.4. The van der Waals surface area contributed by atoms with Crippen molar-refractivity contribution in [1.29, 1.82) is 0 Å². The van der Waals surface area contributed by atoms with Crippen LogP contribution in [0, 0.1) is 11.9 Å². The Kier molecular flexibility index (Phi) is 9.95. The Morgan fingerprint density at radius 2 is 2.09 bits per heavy atom. The van der Waals surface area contributed by atoms with E-state index in [1.165, 1.54) is 26.0 Å². The van der Waals surface area contributed by atoms with Gasteiger partial charge in [0.15, 0.2) is 5.78 Å². The van der Waals surface area contributed by atoms with Gasteiger partial charge in [-0.2, -0.15) is 0 Å². The van der Waals surface area contributed by atoms with Crippen LogP contribution >= 0.6 is 0 Å². The van der Waals surface area contributed by atoms with E-state index in [0.717, 1.165) is 0 Å². The van der Waals surface area contributed by atoms with Crippen molar-refractivity contribution in [2.75, 3.05) is 0 Å². The molecule has 126 valence electrons. The normalized spacial score (nSPS) is 10.2. The molecule has 0 aliphatic rings. The van der Waals surface area contributed by atoms with Crippen molar-refractivity contribution >= 4 is 5.78 Å². The quantitative estimate of drug-likeness (QED) is 0.388. The monoisotopic (exact) mass is 497 g/mol. The fraction of sp³-hybridized carbons (Fsp3) is 0.176. The first kappa shape index (κ1) is 21.2. The second kappa shape index (κ2) is 10.8. The molecule has 2 rings (SSSR count).